The maximum absolute atomic E-state index is 13.7. The van der Waals surface area contributed by atoms with Gasteiger partial charge in [-0.1, -0.05) is 11.6 Å². The van der Waals surface area contributed by atoms with Crippen LogP contribution in [0.15, 0.2) is 26.2 Å². The Bertz CT molecular complexity index is 839. The second kappa shape index (κ2) is 5.93. The van der Waals surface area contributed by atoms with E-state index in [1.807, 2.05) is 0 Å². The molecule has 0 aliphatic rings. The van der Waals surface area contributed by atoms with E-state index < -0.39 is 15.8 Å². The molecule has 1 aromatic heterocycles. The summed E-state index contributed by atoms with van der Waals surface area (Å²) in [6, 6.07) is 5.39. The van der Waals surface area contributed by atoms with Gasteiger partial charge in [0.05, 0.1) is 26.1 Å². The summed E-state index contributed by atoms with van der Waals surface area (Å²) in [6.07, 6.45) is 0. The minimum absolute atomic E-state index is 0.0125. The smallest absolute Gasteiger partial charge is 0.271 e. The Morgan fingerprint density at radius 3 is 2.62 bits per heavy atom. The average Bonchev–Trinajstić information content (AvgIpc) is 2.75. The van der Waals surface area contributed by atoms with Gasteiger partial charge in [0, 0.05) is 5.56 Å². The van der Waals surface area contributed by atoms with Crippen LogP contribution in [0.4, 0.5) is 10.1 Å². The SMILES string of the molecule is Cc1c(F)cc(C#N)cc1NS(=O)(=O)c1cc(Cl)c(Br)s1. The molecule has 0 saturated carbocycles. The molecule has 0 spiro atoms. The number of hydrogen-bond acceptors (Lipinski definition) is 4. The van der Waals surface area contributed by atoms with Gasteiger partial charge in [-0.2, -0.15) is 5.26 Å². The highest BCUT2D eigenvalue weighted by Gasteiger charge is 2.21. The number of nitrogens with one attached hydrogen (secondary N) is 1. The maximum atomic E-state index is 13.7. The lowest BCUT2D eigenvalue weighted by atomic mass is 10.1. The number of benzene rings is 1. The molecule has 0 atom stereocenters. The molecule has 1 aromatic carbocycles. The molecule has 21 heavy (non-hydrogen) atoms. The summed E-state index contributed by atoms with van der Waals surface area (Å²) >= 11 is 9.88. The molecule has 0 bridgehead atoms. The van der Waals surface area contributed by atoms with Gasteiger partial charge in [-0.15, -0.1) is 11.3 Å². The molecular formula is C12H7BrClFN2O2S2. The Hall–Kier alpha value is -1.14. The molecule has 0 radical (unpaired) electrons. The molecule has 2 aromatic rings. The van der Waals surface area contributed by atoms with Gasteiger partial charge in [-0.3, -0.25) is 4.72 Å². The summed E-state index contributed by atoms with van der Waals surface area (Å²) in [4.78, 5) is 0. The summed E-state index contributed by atoms with van der Waals surface area (Å²) in [6.45, 7) is 1.42. The molecule has 0 amide bonds. The number of nitrogens with zero attached hydrogens (tertiary/aromatic N) is 1. The van der Waals surface area contributed by atoms with Crippen molar-refractivity contribution in [1.29, 1.82) is 5.26 Å². The fourth-order valence-corrected chi connectivity index (χ4v) is 5.02. The first-order valence-corrected chi connectivity index (χ1v) is 8.89. The van der Waals surface area contributed by atoms with Crippen molar-refractivity contribution in [2.75, 3.05) is 4.72 Å². The predicted octanol–water partition coefficient (Wildman–Crippen LogP) is 4.28. The highest BCUT2D eigenvalue weighted by atomic mass is 79.9. The number of nitriles is 1. The van der Waals surface area contributed by atoms with E-state index >= 15 is 0 Å². The highest BCUT2D eigenvalue weighted by molar-refractivity contribution is 9.11. The molecule has 1 N–H and O–H groups in total. The molecule has 0 unspecified atom stereocenters. The minimum atomic E-state index is -3.90. The predicted molar refractivity (Wildman–Crippen MR) is 83.7 cm³/mol. The summed E-state index contributed by atoms with van der Waals surface area (Å²) in [7, 11) is -3.90. The van der Waals surface area contributed by atoms with Crippen LogP contribution in [-0.4, -0.2) is 8.42 Å². The maximum Gasteiger partial charge on any atom is 0.271 e. The normalized spacial score (nSPS) is 11.2. The number of sulfonamides is 1. The van der Waals surface area contributed by atoms with Gasteiger partial charge in [0.25, 0.3) is 10.0 Å². The van der Waals surface area contributed by atoms with Crippen molar-refractivity contribution < 1.29 is 12.8 Å². The van der Waals surface area contributed by atoms with Crippen molar-refractivity contribution >= 4 is 54.6 Å². The molecule has 0 aliphatic heterocycles. The van der Waals surface area contributed by atoms with E-state index in [0.717, 1.165) is 17.4 Å². The molecule has 0 saturated heterocycles. The van der Waals surface area contributed by atoms with Gasteiger partial charge >= 0.3 is 0 Å². The third-order valence-corrected chi connectivity index (χ3v) is 6.92. The van der Waals surface area contributed by atoms with Crippen molar-refractivity contribution in [3.8, 4) is 6.07 Å². The van der Waals surface area contributed by atoms with Crippen LogP contribution in [0.5, 0.6) is 0 Å². The number of halogens is 3. The van der Waals surface area contributed by atoms with E-state index in [4.69, 9.17) is 16.9 Å². The van der Waals surface area contributed by atoms with Crippen LogP contribution in [0.3, 0.4) is 0 Å². The quantitative estimate of drug-likeness (QED) is 0.822. The van der Waals surface area contributed by atoms with Crippen molar-refractivity contribution in [3.63, 3.8) is 0 Å². The van der Waals surface area contributed by atoms with E-state index in [1.165, 1.54) is 19.1 Å². The number of thiophene rings is 1. The highest BCUT2D eigenvalue weighted by Crippen LogP contribution is 2.35. The standard InChI is InChI=1S/C12H7BrClFN2O2S2/c1-6-9(15)2-7(5-16)3-10(6)17-21(18,19)11-4-8(14)12(13)20-11/h2-4,17H,1H3. The zero-order chi connectivity index (χ0) is 15.8. The molecule has 9 heteroatoms. The van der Waals surface area contributed by atoms with Gasteiger partial charge < -0.3 is 0 Å². The third kappa shape index (κ3) is 3.37. The van der Waals surface area contributed by atoms with Crippen LogP contribution in [0.2, 0.25) is 5.02 Å². The van der Waals surface area contributed by atoms with E-state index in [-0.39, 0.29) is 26.0 Å². The van der Waals surface area contributed by atoms with Crippen molar-refractivity contribution in [1.82, 2.24) is 0 Å². The van der Waals surface area contributed by atoms with Crippen molar-refractivity contribution in [2.45, 2.75) is 11.1 Å². The Labute approximate surface area is 138 Å². The van der Waals surface area contributed by atoms with Crippen LogP contribution >= 0.6 is 38.9 Å². The molecule has 4 nitrogen and oxygen atoms in total. The first kappa shape index (κ1) is 16.2. The average molecular weight is 410 g/mol. The third-order valence-electron chi connectivity index (χ3n) is 2.61. The Morgan fingerprint density at radius 1 is 1.43 bits per heavy atom. The van der Waals surface area contributed by atoms with Crippen molar-refractivity contribution in [2.24, 2.45) is 0 Å². The fraction of sp³-hybridized carbons (Fsp3) is 0.0833. The monoisotopic (exact) mass is 408 g/mol. The fourth-order valence-electron chi connectivity index (χ4n) is 1.50. The Morgan fingerprint density at radius 2 is 2.10 bits per heavy atom. The van der Waals surface area contributed by atoms with Crippen LogP contribution in [0.25, 0.3) is 0 Å². The summed E-state index contributed by atoms with van der Waals surface area (Å²) < 4.78 is 40.9. The van der Waals surface area contributed by atoms with E-state index in [1.54, 1.807) is 6.07 Å². The topological polar surface area (TPSA) is 70.0 Å². The largest absolute Gasteiger partial charge is 0.279 e. The number of rotatable bonds is 3. The molecule has 110 valence electrons. The Balaban J connectivity index is 2.46. The molecule has 2 rings (SSSR count). The van der Waals surface area contributed by atoms with Crippen LogP contribution in [-0.2, 0) is 10.0 Å². The van der Waals surface area contributed by atoms with E-state index in [2.05, 4.69) is 20.7 Å². The Kier molecular flexibility index (Phi) is 4.58. The number of anilines is 1. The lowest BCUT2D eigenvalue weighted by Crippen LogP contribution is -2.13. The van der Waals surface area contributed by atoms with E-state index in [9.17, 15) is 12.8 Å². The zero-order valence-electron chi connectivity index (χ0n) is 10.4. The molecule has 0 aliphatic carbocycles. The van der Waals surface area contributed by atoms with Gasteiger partial charge in [0.1, 0.15) is 10.0 Å². The molecule has 0 fully saturated rings. The summed E-state index contributed by atoms with van der Waals surface area (Å²) in [5.41, 5.74) is 0.160. The summed E-state index contributed by atoms with van der Waals surface area (Å²) in [5.74, 6) is -0.655. The zero-order valence-corrected chi connectivity index (χ0v) is 14.4. The molecular weight excluding hydrogens is 403 g/mol. The molecule has 1 heterocycles. The van der Waals surface area contributed by atoms with Gasteiger partial charge in [-0.25, -0.2) is 12.8 Å². The first-order valence-electron chi connectivity index (χ1n) is 5.42. The van der Waals surface area contributed by atoms with Gasteiger partial charge in [0.2, 0.25) is 0 Å². The second-order valence-corrected chi connectivity index (χ2v) is 8.72. The van der Waals surface area contributed by atoms with Gasteiger partial charge in [-0.05, 0) is 41.1 Å². The van der Waals surface area contributed by atoms with Crippen molar-refractivity contribution in [3.05, 3.63) is 44.0 Å². The van der Waals surface area contributed by atoms with Gasteiger partial charge in [0.15, 0.2) is 0 Å². The lowest BCUT2D eigenvalue weighted by molar-refractivity contribution is 0.602. The number of hydrogen-bond donors (Lipinski definition) is 1. The van der Waals surface area contributed by atoms with Crippen LogP contribution in [0.1, 0.15) is 11.1 Å². The minimum Gasteiger partial charge on any atom is -0.279 e. The summed E-state index contributed by atoms with van der Waals surface area (Å²) in [5, 5.41) is 9.09. The van der Waals surface area contributed by atoms with E-state index in [0.29, 0.717) is 3.79 Å². The van der Waals surface area contributed by atoms with Crippen LogP contribution < -0.4 is 4.72 Å². The first-order chi connectivity index (χ1) is 9.74. The van der Waals surface area contributed by atoms with Crippen LogP contribution in [0, 0.1) is 24.1 Å². The lowest BCUT2D eigenvalue weighted by Gasteiger charge is -2.10. The second-order valence-electron chi connectivity index (χ2n) is 4.04.